The molecule has 0 spiro atoms. The van der Waals surface area contributed by atoms with Gasteiger partial charge in [-0.05, 0) is 44.6 Å². The smallest absolute Gasteiger partial charge is 0.0352 e. The molecule has 92 valence electrons. The molecule has 0 amide bonds. The van der Waals surface area contributed by atoms with Crippen molar-refractivity contribution in [1.82, 2.24) is 0 Å². The first-order valence-electron chi connectivity index (χ1n) is 6.25. The summed E-state index contributed by atoms with van der Waals surface area (Å²) in [5.74, 6) is 0. The van der Waals surface area contributed by atoms with Gasteiger partial charge in [-0.15, -0.1) is 11.3 Å². The fourth-order valence-electron chi connectivity index (χ4n) is 2.83. The van der Waals surface area contributed by atoms with Crippen LogP contribution >= 0.6 is 27.3 Å². The lowest BCUT2D eigenvalue weighted by molar-refractivity contribution is 1.53. The topological polar surface area (TPSA) is 0 Å². The van der Waals surface area contributed by atoms with Crippen molar-refractivity contribution in [3.05, 3.63) is 59.5 Å². The molecule has 0 aliphatic rings. The maximum absolute atomic E-state index is 3.64. The summed E-state index contributed by atoms with van der Waals surface area (Å²) >= 11 is 5.46. The Morgan fingerprint density at radius 2 is 1.79 bits per heavy atom. The van der Waals surface area contributed by atoms with Crippen molar-refractivity contribution in [3.8, 4) is 0 Å². The van der Waals surface area contributed by atoms with Gasteiger partial charge in [-0.25, -0.2) is 0 Å². The van der Waals surface area contributed by atoms with E-state index >= 15 is 0 Å². The minimum Gasteiger partial charge on any atom is -0.144 e. The zero-order valence-corrected chi connectivity index (χ0v) is 12.6. The van der Waals surface area contributed by atoms with Crippen LogP contribution in [0.4, 0.5) is 0 Å². The zero-order chi connectivity index (χ0) is 12.8. The normalized spacial score (nSPS) is 11.6. The van der Waals surface area contributed by atoms with Crippen LogP contribution in [0.25, 0.3) is 31.6 Å². The summed E-state index contributed by atoms with van der Waals surface area (Å²) in [7, 11) is 0. The van der Waals surface area contributed by atoms with E-state index in [0.29, 0.717) is 0 Å². The van der Waals surface area contributed by atoms with E-state index in [4.69, 9.17) is 0 Å². The van der Waals surface area contributed by atoms with Gasteiger partial charge in [0.2, 0.25) is 0 Å². The Balaban J connectivity index is 2.35. The summed E-state index contributed by atoms with van der Waals surface area (Å²) in [5, 5.41) is 9.86. The quantitative estimate of drug-likeness (QED) is 0.293. The number of thiophene rings is 1. The van der Waals surface area contributed by atoms with Gasteiger partial charge in [-0.3, -0.25) is 0 Å². The lowest BCUT2D eigenvalue weighted by atomic mass is 9.96. The summed E-state index contributed by atoms with van der Waals surface area (Å²) in [4.78, 5) is 0. The third-order valence-corrected chi connectivity index (χ3v) is 5.15. The van der Waals surface area contributed by atoms with Crippen LogP contribution in [0.15, 0.2) is 53.9 Å². The van der Waals surface area contributed by atoms with Crippen LogP contribution < -0.4 is 0 Å². The molecule has 0 aliphatic carbocycles. The van der Waals surface area contributed by atoms with Gasteiger partial charge >= 0.3 is 0 Å². The van der Waals surface area contributed by atoms with E-state index in [9.17, 15) is 0 Å². The first kappa shape index (κ1) is 11.4. The van der Waals surface area contributed by atoms with Crippen molar-refractivity contribution < 1.29 is 0 Å². The number of halogens is 1. The molecule has 4 aromatic rings. The molecule has 0 atom stereocenters. The van der Waals surface area contributed by atoms with Gasteiger partial charge in [0.25, 0.3) is 0 Å². The molecule has 0 unspecified atom stereocenters. The second-order valence-electron chi connectivity index (χ2n) is 4.71. The highest BCUT2D eigenvalue weighted by molar-refractivity contribution is 9.08. The SMILES string of the molecule is BrCc1cc2sccc2c2ccc3ccccc3c12. The van der Waals surface area contributed by atoms with Crippen LogP contribution in [0.1, 0.15) is 5.56 Å². The average molecular weight is 327 g/mol. The molecule has 0 N–H and O–H groups in total. The summed E-state index contributed by atoms with van der Waals surface area (Å²) in [6.07, 6.45) is 0. The monoisotopic (exact) mass is 326 g/mol. The predicted molar refractivity (Wildman–Crippen MR) is 89.5 cm³/mol. The Morgan fingerprint density at radius 1 is 0.895 bits per heavy atom. The highest BCUT2D eigenvalue weighted by Gasteiger charge is 2.09. The van der Waals surface area contributed by atoms with Gasteiger partial charge in [0, 0.05) is 15.4 Å². The Kier molecular flexibility index (Phi) is 2.61. The lowest BCUT2D eigenvalue weighted by Gasteiger charge is -2.09. The molecule has 0 fully saturated rings. The van der Waals surface area contributed by atoms with Crippen LogP contribution in [-0.4, -0.2) is 0 Å². The van der Waals surface area contributed by atoms with Crippen LogP contribution in [0.5, 0.6) is 0 Å². The molecular formula is C17H11BrS. The van der Waals surface area contributed by atoms with E-state index in [2.05, 4.69) is 69.8 Å². The van der Waals surface area contributed by atoms with Crippen molar-refractivity contribution in [1.29, 1.82) is 0 Å². The second kappa shape index (κ2) is 4.32. The first-order chi connectivity index (χ1) is 9.38. The number of alkyl halides is 1. The fraction of sp³-hybridized carbons (Fsp3) is 0.0588. The third-order valence-electron chi connectivity index (χ3n) is 3.68. The summed E-state index contributed by atoms with van der Waals surface area (Å²) < 4.78 is 1.37. The van der Waals surface area contributed by atoms with Crippen LogP contribution in [-0.2, 0) is 5.33 Å². The third kappa shape index (κ3) is 1.63. The van der Waals surface area contributed by atoms with E-state index < -0.39 is 0 Å². The summed E-state index contributed by atoms with van der Waals surface area (Å²) in [6, 6.07) is 17.7. The molecule has 0 nitrogen and oxygen atoms in total. The molecule has 0 radical (unpaired) electrons. The Bertz CT molecular complexity index is 905. The van der Waals surface area contributed by atoms with Gasteiger partial charge in [-0.2, -0.15) is 0 Å². The van der Waals surface area contributed by atoms with Crippen molar-refractivity contribution in [2.24, 2.45) is 0 Å². The minimum atomic E-state index is 0.894. The van der Waals surface area contributed by atoms with Gasteiger partial charge in [-0.1, -0.05) is 52.3 Å². The van der Waals surface area contributed by atoms with E-state index in [1.165, 1.54) is 37.2 Å². The van der Waals surface area contributed by atoms with Gasteiger partial charge < -0.3 is 0 Å². The average Bonchev–Trinajstić information content (AvgIpc) is 2.94. The molecule has 0 aliphatic heterocycles. The molecule has 1 heterocycles. The minimum absolute atomic E-state index is 0.894. The molecule has 0 saturated heterocycles. The van der Waals surface area contributed by atoms with Crippen molar-refractivity contribution in [3.63, 3.8) is 0 Å². The highest BCUT2D eigenvalue weighted by Crippen LogP contribution is 2.36. The van der Waals surface area contributed by atoms with Crippen molar-refractivity contribution in [2.75, 3.05) is 0 Å². The predicted octanol–water partition coefficient (Wildman–Crippen LogP) is 6.10. The zero-order valence-electron chi connectivity index (χ0n) is 10.2. The van der Waals surface area contributed by atoms with E-state index in [0.717, 1.165) is 5.33 Å². The molecule has 1 aromatic heterocycles. The van der Waals surface area contributed by atoms with Crippen LogP contribution in [0.2, 0.25) is 0 Å². The van der Waals surface area contributed by atoms with Crippen LogP contribution in [0, 0.1) is 0 Å². The van der Waals surface area contributed by atoms with Gasteiger partial charge in [0.1, 0.15) is 0 Å². The number of fused-ring (bicyclic) bond motifs is 5. The molecular weight excluding hydrogens is 316 g/mol. The van der Waals surface area contributed by atoms with Crippen LogP contribution in [0.3, 0.4) is 0 Å². The number of hydrogen-bond acceptors (Lipinski definition) is 1. The molecule has 0 saturated carbocycles. The van der Waals surface area contributed by atoms with E-state index in [1.54, 1.807) is 0 Å². The van der Waals surface area contributed by atoms with Crippen molar-refractivity contribution >= 4 is 58.9 Å². The standard InChI is InChI=1S/C17H11BrS/c18-10-12-9-16-14(7-8-19-16)15-6-5-11-3-1-2-4-13(11)17(12)15/h1-9H,10H2. The highest BCUT2D eigenvalue weighted by atomic mass is 79.9. The number of hydrogen-bond donors (Lipinski definition) is 0. The summed E-state index contributed by atoms with van der Waals surface area (Å²) in [5.41, 5.74) is 1.38. The van der Waals surface area contributed by atoms with E-state index in [-0.39, 0.29) is 0 Å². The van der Waals surface area contributed by atoms with Crippen molar-refractivity contribution in [2.45, 2.75) is 5.33 Å². The number of benzene rings is 3. The second-order valence-corrected chi connectivity index (χ2v) is 6.22. The molecule has 19 heavy (non-hydrogen) atoms. The van der Waals surface area contributed by atoms with Gasteiger partial charge in [0.15, 0.2) is 0 Å². The largest absolute Gasteiger partial charge is 0.144 e. The molecule has 0 bridgehead atoms. The first-order valence-corrected chi connectivity index (χ1v) is 8.25. The fourth-order valence-corrected chi connectivity index (χ4v) is 4.14. The number of rotatable bonds is 1. The molecule has 4 rings (SSSR count). The van der Waals surface area contributed by atoms with E-state index in [1.807, 2.05) is 11.3 Å². The maximum atomic E-state index is 3.64. The maximum Gasteiger partial charge on any atom is 0.0352 e. The Morgan fingerprint density at radius 3 is 2.68 bits per heavy atom. The molecule has 3 aromatic carbocycles. The molecule has 2 heteroatoms. The Labute approximate surface area is 123 Å². The van der Waals surface area contributed by atoms with Gasteiger partial charge in [0.05, 0.1) is 0 Å². The lowest BCUT2D eigenvalue weighted by Crippen LogP contribution is -1.85. The Hall–Kier alpha value is -1.38. The summed E-state index contributed by atoms with van der Waals surface area (Å²) in [6.45, 7) is 0.